The van der Waals surface area contributed by atoms with E-state index in [0.29, 0.717) is 11.3 Å². The zero-order valence-electron chi connectivity index (χ0n) is 9.15. The molecule has 78 valence electrons. The summed E-state index contributed by atoms with van der Waals surface area (Å²) >= 11 is 0. The number of nitriles is 1. The van der Waals surface area contributed by atoms with Crippen LogP contribution in [0.15, 0.2) is 29.4 Å². The molecule has 0 aliphatic carbocycles. The molecule has 0 aliphatic heterocycles. The van der Waals surface area contributed by atoms with Gasteiger partial charge >= 0.3 is 0 Å². The van der Waals surface area contributed by atoms with Gasteiger partial charge in [0.1, 0.15) is 0 Å². The van der Waals surface area contributed by atoms with Gasteiger partial charge in [-0.1, -0.05) is 31.1 Å². The first kappa shape index (κ1) is 11.3. The maximum Gasteiger partial charge on any atom is 0.0991 e. The Morgan fingerprint density at radius 3 is 2.27 bits per heavy atom. The molecule has 15 heavy (non-hydrogen) atoms. The number of rotatable bonds is 2. The molecule has 0 spiro atoms. The zero-order valence-corrected chi connectivity index (χ0v) is 9.15. The van der Waals surface area contributed by atoms with Crippen LogP contribution in [0, 0.1) is 11.3 Å². The third-order valence-electron chi connectivity index (χ3n) is 2.79. The Morgan fingerprint density at radius 2 is 1.87 bits per heavy atom. The molecule has 0 amide bonds. The molecular weight excluding hydrogens is 188 g/mol. The van der Waals surface area contributed by atoms with Crippen molar-refractivity contribution in [3.63, 3.8) is 0 Å². The van der Waals surface area contributed by atoms with Crippen LogP contribution in [0.5, 0.6) is 0 Å². The fraction of sp³-hybridized carbons (Fsp3) is 0.333. The Morgan fingerprint density at radius 1 is 1.33 bits per heavy atom. The first-order valence-electron chi connectivity index (χ1n) is 4.72. The van der Waals surface area contributed by atoms with Crippen LogP contribution in [0.4, 0.5) is 0 Å². The minimum Gasteiger partial charge on any atom is -0.411 e. The van der Waals surface area contributed by atoms with Crippen LogP contribution < -0.4 is 0 Å². The minimum atomic E-state index is -0.317. The molecule has 3 nitrogen and oxygen atoms in total. The topological polar surface area (TPSA) is 56.4 Å². The summed E-state index contributed by atoms with van der Waals surface area (Å²) in [5, 5.41) is 20.7. The molecule has 0 aliphatic rings. The van der Waals surface area contributed by atoms with Gasteiger partial charge in [0.15, 0.2) is 0 Å². The molecular formula is C12H14N2O. The monoisotopic (exact) mass is 202 g/mol. The van der Waals surface area contributed by atoms with Gasteiger partial charge in [-0.2, -0.15) is 5.26 Å². The molecule has 1 aromatic carbocycles. The fourth-order valence-corrected chi connectivity index (χ4v) is 1.30. The van der Waals surface area contributed by atoms with Crippen molar-refractivity contribution in [2.75, 3.05) is 0 Å². The van der Waals surface area contributed by atoms with Crippen LogP contribution in [0.3, 0.4) is 0 Å². The SMILES string of the molecule is C/C(=N\O)C(C)(C)c1ccc(C#N)cc1. The third-order valence-corrected chi connectivity index (χ3v) is 2.79. The molecule has 0 saturated carbocycles. The largest absolute Gasteiger partial charge is 0.411 e. The maximum absolute atomic E-state index is 8.77. The van der Waals surface area contributed by atoms with E-state index in [0.717, 1.165) is 5.56 Å². The van der Waals surface area contributed by atoms with Crippen LogP contribution in [0.2, 0.25) is 0 Å². The van der Waals surface area contributed by atoms with Crippen LogP contribution in [0.25, 0.3) is 0 Å². The minimum absolute atomic E-state index is 0.317. The van der Waals surface area contributed by atoms with Gasteiger partial charge in [-0.25, -0.2) is 0 Å². The molecule has 1 aromatic rings. The molecule has 0 bridgehead atoms. The van der Waals surface area contributed by atoms with Crippen LogP contribution >= 0.6 is 0 Å². The van der Waals surface area contributed by atoms with Crippen molar-refractivity contribution in [3.8, 4) is 6.07 Å². The lowest BCUT2D eigenvalue weighted by molar-refractivity contribution is 0.314. The average Bonchev–Trinajstić information content (AvgIpc) is 2.28. The highest BCUT2D eigenvalue weighted by molar-refractivity contribution is 5.91. The summed E-state index contributed by atoms with van der Waals surface area (Å²) < 4.78 is 0. The molecule has 0 radical (unpaired) electrons. The normalized spacial score (nSPS) is 12.3. The van der Waals surface area contributed by atoms with E-state index in [-0.39, 0.29) is 5.41 Å². The molecule has 0 unspecified atom stereocenters. The Labute approximate surface area is 89.7 Å². The van der Waals surface area contributed by atoms with E-state index in [2.05, 4.69) is 11.2 Å². The molecule has 0 heterocycles. The van der Waals surface area contributed by atoms with Crippen molar-refractivity contribution < 1.29 is 5.21 Å². The van der Waals surface area contributed by atoms with Gasteiger partial charge in [0.25, 0.3) is 0 Å². The summed E-state index contributed by atoms with van der Waals surface area (Å²) in [6.45, 7) is 5.73. The van der Waals surface area contributed by atoms with Crippen molar-refractivity contribution in [1.29, 1.82) is 5.26 Å². The van der Waals surface area contributed by atoms with E-state index >= 15 is 0 Å². The Bertz CT molecular complexity index is 410. The van der Waals surface area contributed by atoms with Crippen molar-refractivity contribution in [1.82, 2.24) is 0 Å². The zero-order chi connectivity index (χ0) is 11.5. The molecule has 1 N–H and O–H groups in total. The summed E-state index contributed by atoms with van der Waals surface area (Å²) in [5.74, 6) is 0. The van der Waals surface area contributed by atoms with Gasteiger partial charge in [0.05, 0.1) is 17.3 Å². The number of hydrogen-bond acceptors (Lipinski definition) is 3. The second kappa shape index (κ2) is 4.14. The van der Waals surface area contributed by atoms with E-state index in [4.69, 9.17) is 10.5 Å². The second-order valence-corrected chi connectivity index (χ2v) is 4.00. The lowest BCUT2D eigenvalue weighted by Crippen LogP contribution is -2.26. The van der Waals surface area contributed by atoms with Crippen molar-refractivity contribution in [3.05, 3.63) is 35.4 Å². The first-order chi connectivity index (χ1) is 7.02. The van der Waals surface area contributed by atoms with Crippen molar-refractivity contribution in [2.45, 2.75) is 26.2 Å². The standard InChI is InChI=1S/C12H14N2O/c1-9(14-15)12(2,3)11-6-4-10(8-13)5-7-11/h4-7,15H,1-3H3/b14-9+. The molecule has 0 saturated heterocycles. The average molecular weight is 202 g/mol. The Balaban J connectivity index is 3.12. The highest BCUT2D eigenvalue weighted by Gasteiger charge is 2.24. The maximum atomic E-state index is 8.77. The fourth-order valence-electron chi connectivity index (χ4n) is 1.30. The van der Waals surface area contributed by atoms with E-state index in [9.17, 15) is 0 Å². The number of hydrogen-bond donors (Lipinski definition) is 1. The van der Waals surface area contributed by atoms with E-state index < -0.39 is 0 Å². The third kappa shape index (κ3) is 2.16. The first-order valence-corrected chi connectivity index (χ1v) is 4.72. The van der Waals surface area contributed by atoms with Crippen LogP contribution in [0.1, 0.15) is 31.9 Å². The lowest BCUT2D eigenvalue weighted by Gasteiger charge is -2.24. The summed E-state index contributed by atoms with van der Waals surface area (Å²) in [4.78, 5) is 0. The summed E-state index contributed by atoms with van der Waals surface area (Å²) in [7, 11) is 0. The van der Waals surface area contributed by atoms with Gasteiger partial charge in [-0.3, -0.25) is 0 Å². The second-order valence-electron chi connectivity index (χ2n) is 4.00. The van der Waals surface area contributed by atoms with Crippen molar-refractivity contribution >= 4 is 5.71 Å². The smallest absolute Gasteiger partial charge is 0.0991 e. The molecule has 1 rings (SSSR count). The Hall–Kier alpha value is -1.82. The summed E-state index contributed by atoms with van der Waals surface area (Å²) in [6.07, 6.45) is 0. The van der Waals surface area contributed by atoms with Crippen LogP contribution in [-0.2, 0) is 5.41 Å². The number of benzene rings is 1. The van der Waals surface area contributed by atoms with Gasteiger partial charge in [-0.15, -0.1) is 0 Å². The molecule has 0 fully saturated rings. The van der Waals surface area contributed by atoms with E-state index in [1.54, 1.807) is 19.1 Å². The highest BCUT2D eigenvalue weighted by atomic mass is 16.4. The van der Waals surface area contributed by atoms with Crippen molar-refractivity contribution in [2.24, 2.45) is 5.16 Å². The van der Waals surface area contributed by atoms with E-state index in [1.807, 2.05) is 26.0 Å². The number of nitrogens with zero attached hydrogens (tertiary/aromatic N) is 2. The summed E-state index contributed by atoms with van der Waals surface area (Å²) in [6, 6.07) is 9.36. The molecule has 0 atom stereocenters. The predicted octanol–water partition coefficient (Wildman–Crippen LogP) is 2.69. The van der Waals surface area contributed by atoms with Gasteiger partial charge in [0.2, 0.25) is 0 Å². The molecule has 0 aromatic heterocycles. The molecule has 3 heteroatoms. The Kier molecular flexibility index (Phi) is 3.11. The van der Waals surface area contributed by atoms with Gasteiger partial charge in [0, 0.05) is 5.41 Å². The summed E-state index contributed by atoms with van der Waals surface area (Å²) in [5.41, 5.74) is 1.99. The van der Waals surface area contributed by atoms with Crippen LogP contribution in [-0.4, -0.2) is 10.9 Å². The van der Waals surface area contributed by atoms with Gasteiger partial charge < -0.3 is 5.21 Å². The quantitative estimate of drug-likeness (QED) is 0.455. The van der Waals surface area contributed by atoms with Gasteiger partial charge in [-0.05, 0) is 24.6 Å². The predicted molar refractivity (Wildman–Crippen MR) is 59.1 cm³/mol. The lowest BCUT2D eigenvalue weighted by atomic mass is 9.80. The van der Waals surface area contributed by atoms with E-state index in [1.165, 1.54) is 0 Å². The highest BCUT2D eigenvalue weighted by Crippen LogP contribution is 2.25. The number of oxime groups is 1.